The van der Waals surface area contributed by atoms with Gasteiger partial charge in [-0.3, -0.25) is 14.3 Å². The molecule has 10 heteroatoms. The molecule has 1 aliphatic carbocycles. The third-order valence-electron chi connectivity index (χ3n) is 4.20. The minimum absolute atomic E-state index is 0.0155. The van der Waals surface area contributed by atoms with E-state index in [1.165, 1.54) is 30.7 Å². The van der Waals surface area contributed by atoms with Gasteiger partial charge in [-0.05, 0) is 31.1 Å². The molecule has 1 N–H and O–H groups in total. The summed E-state index contributed by atoms with van der Waals surface area (Å²) >= 11 is 1.04. The van der Waals surface area contributed by atoms with Crippen LogP contribution in [-0.4, -0.2) is 26.7 Å². The van der Waals surface area contributed by atoms with Gasteiger partial charge < -0.3 is 9.40 Å². The molecule has 3 aromatic heterocycles. The van der Waals surface area contributed by atoms with Crippen molar-refractivity contribution in [2.45, 2.75) is 31.5 Å². The molecule has 1 saturated carbocycles. The Kier molecular flexibility index (Phi) is 4.58. The molecule has 1 aliphatic rings. The Bertz CT molecular complexity index is 1180. The van der Waals surface area contributed by atoms with E-state index in [4.69, 9.17) is 4.42 Å². The van der Waals surface area contributed by atoms with Crippen LogP contribution >= 0.6 is 11.3 Å². The van der Waals surface area contributed by atoms with Gasteiger partial charge in [0.05, 0.1) is 21.7 Å². The summed E-state index contributed by atoms with van der Waals surface area (Å²) < 4.78 is 44.9. The van der Waals surface area contributed by atoms with Gasteiger partial charge in [0.2, 0.25) is 5.78 Å². The fraction of sp³-hybridized carbons (Fsp3) is 0.278. The molecule has 0 saturated heterocycles. The van der Waals surface area contributed by atoms with E-state index in [1.807, 2.05) is 0 Å². The summed E-state index contributed by atoms with van der Waals surface area (Å²) in [5, 5.41) is 3.86. The van der Waals surface area contributed by atoms with Gasteiger partial charge in [0.25, 0.3) is 5.56 Å². The van der Waals surface area contributed by atoms with Crippen molar-refractivity contribution in [2.24, 2.45) is 0 Å². The monoisotopic (exact) mass is 409 g/mol. The molecule has 0 atom stereocenters. The zero-order valence-electron chi connectivity index (χ0n) is 14.3. The number of alkyl halides is 3. The van der Waals surface area contributed by atoms with E-state index in [0.29, 0.717) is 15.9 Å². The van der Waals surface area contributed by atoms with Gasteiger partial charge in [-0.25, -0.2) is 0 Å². The summed E-state index contributed by atoms with van der Waals surface area (Å²) in [7, 11) is 0. The molecule has 0 unspecified atom stereocenters. The Labute approximate surface area is 159 Å². The van der Waals surface area contributed by atoms with Crippen molar-refractivity contribution in [1.29, 1.82) is 0 Å². The van der Waals surface area contributed by atoms with E-state index in [9.17, 15) is 22.8 Å². The summed E-state index contributed by atoms with van der Waals surface area (Å²) in [6.45, 7) is -1.16. The van der Waals surface area contributed by atoms with E-state index in [-0.39, 0.29) is 16.2 Å². The predicted octanol–water partition coefficient (Wildman–Crippen LogP) is 2.16. The molecular formula is C18H14F3N3O3S. The number of H-pyrrole nitrogens is 1. The Morgan fingerprint density at radius 3 is 2.86 bits per heavy atom. The van der Waals surface area contributed by atoms with Gasteiger partial charge in [0.15, 0.2) is 5.76 Å². The maximum atomic E-state index is 12.8. The average Bonchev–Trinajstić information content (AvgIpc) is 3.01. The van der Waals surface area contributed by atoms with Crippen molar-refractivity contribution >= 4 is 29.3 Å². The van der Waals surface area contributed by atoms with Gasteiger partial charge in [-0.1, -0.05) is 0 Å². The number of hydrogen-bond donors (Lipinski definition) is 1. The molecule has 28 heavy (non-hydrogen) atoms. The highest BCUT2D eigenvalue weighted by Gasteiger charge is 2.35. The second-order valence-electron chi connectivity index (χ2n) is 6.45. The van der Waals surface area contributed by atoms with Crippen molar-refractivity contribution in [2.75, 3.05) is 0 Å². The van der Waals surface area contributed by atoms with Crippen LogP contribution in [0.1, 0.15) is 40.6 Å². The first-order valence-corrected chi connectivity index (χ1v) is 9.25. The number of hydrogen-bond acceptors (Lipinski definition) is 5. The highest BCUT2D eigenvalue weighted by molar-refractivity contribution is 7.07. The summed E-state index contributed by atoms with van der Waals surface area (Å²) in [6.07, 6.45) is 2.69. The van der Waals surface area contributed by atoms with Crippen LogP contribution in [0.15, 0.2) is 33.8 Å². The number of furan rings is 1. The van der Waals surface area contributed by atoms with E-state index < -0.39 is 24.1 Å². The molecule has 0 radical (unpaired) electrons. The number of carbonyl (C=O) groups excluding carboxylic acids is 1. The number of halogens is 3. The lowest BCUT2D eigenvalue weighted by Crippen LogP contribution is -2.21. The number of carbonyl (C=O) groups is 1. The molecule has 146 valence electrons. The number of ketones is 1. The maximum absolute atomic E-state index is 12.8. The molecule has 0 aliphatic heterocycles. The number of nitrogens with zero attached hydrogens (tertiary/aromatic N) is 2. The number of nitrogens with one attached hydrogen (secondary N) is 1. The van der Waals surface area contributed by atoms with Crippen LogP contribution in [0.2, 0.25) is 0 Å². The fourth-order valence-corrected chi connectivity index (χ4v) is 3.77. The molecule has 1 fully saturated rings. The third kappa shape index (κ3) is 4.01. The average molecular weight is 409 g/mol. The lowest BCUT2D eigenvalue weighted by atomic mass is 10.1. The van der Waals surface area contributed by atoms with E-state index in [0.717, 1.165) is 28.9 Å². The highest BCUT2D eigenvalue weighted by atomic mass is 32.1. The van der Waals surface area contributed by atoms with Gasteiger partial charge in [-0.2, -0.15) is 18.3 Å². The molecule has 0 spiro atoms. The van der Waals surface area contributed by atoms with Crippen LogP contribution in [0.5, 0.6) is 0 Å². The summed E-state index contributed by atoms with van der Waals surface area (Å²) in [4.78, 5) is 26.8. The number of aromatic amines is 1. The number of thiazole rings is 1. The number of rotatable bonds is 5. The first kappa shape index (κ1) is 18.5. The zero-order chi connectivity index (χ0) is 19.9. The lowest BCUT2D eigenvalue weighted by molar-refractivity contribution is -0.143. The Balaban J connectivity index is 1.72. The second-order valence-corrected chi connectivity index (χ2v) is 7.53. The van der Waals surface area contributed by atoms with Crippen LogP contribution in [0.25, 0.3) is 12.2 Å². The maximum Gasteiger partial charge on any atom is 0.408 e. The topological polar surface area (TPSA) is 80.9 Å². The largest absolute Gasteiger partial charge is 0.461 e. The summed E-state index contributed by atoms with van der Waals surface area (Å²) in [5.41, 5.74) is 0.555. The van der Waals surface area contributed by atoms with Crippen molar-refractivity contribution in [3.8, 4) is 0 Å². The van der Waals surface area contributed by atoms with Crippen LogP contribution in [0.4, 0.5) is 13.2 Å². The molecule has 0 aromatic carbocycles. The fourth-order valence-electron chi connectivity index (χ4n) is 2.89. The predicted molar refractivity (Wildman–Crippen MR) is 95.5 cm³/mol. The molecule has 6 nitrogen and oxygen atoms in total. The number of aromatic nitrogens is 3. The Hall–Kier alpha value is -2.88. The van der Waals surface area contributed by atoms with Crippen LogP contribution < -0.4 is 14.8 Å². The standard InChI is InChI=1S/C18H14F3N3O3S/c19-18(20,21)9-24-16(10-3-4-10)11(8-22-24)6-14-17(26)23-15(28-14)7-12(25)13-2-1-5-27-13/h1-2,5-8,10H,3-4,9H2,(H,23,26)/b14-6-,15-7-. The van der Waals surface area contributed by atoms with Gasteiger partial charge in [0.1, 0.15) is 6.54 Å². The normalized spacial score (nSPS) is 16.1. The minimum Gasteiger partial charge on any atom is -0.461 e. The Morgan fingerprint density at radius 1 is 1.43 bits per heavy atom. The lowest BCUT2D eigenvalue weighted by Gasteiger charge is -2.10. The smallest absolute Gasteiger partial charge is 0.408 e. The van der Waals surface area contributed by atoms with E-state index in [1.54, 1.807) is 6.07 Å². The molecule has 3 aromatic rings. The van der Waals surface area contributed by atoms with E-state index in [2.05, 4.69) is 10.1 Å². The molecule has 3 heterocycles. The van der Waals surface area contributed by atoms with Crippen LogP contribution in [0.3, 0.4) is 0 Å². The molecule has 4 rings (SSSR count). The van der Waals surface area contributed by atoms with Gasteiger partial charge in [-0.15, -0.1) is 11.3 Å². The van der Waals surface area contributed by atoms with Crippen molar-refractivity contribution in [3.05, 3.63) is 61.2 Å². The summed E-state index contributed by atoms with van der Waals surface area (Å²) in [5.74, 6) is -0.239. The SMILES string of the molecule is O=C(/C=c1/[nH]c(=O)/c(=C/c2cnn(CC(F)(F)F)c2C2CC2)s1)c1ccco1. The Morgan fingerprint density at radius 2 is 2.21 bits per heavy atom. The van der Waals surface area contributed by atoms with Crippen molar-refractivity contribution in [3.63, 3.8) is 0 Å². The highest BCUT2D eigenvalue weighted by Crippen LogP contribution is 2.42. The van der Waals surface area contributed by atoms with Crippen LogP contribution in [0, 0.1) is 0 Å². The van der Waals surface area contributed by atoms with Gasteiger partial charge >= 0.3 is 6.18 Å². The zero-order valence-corrected chi connectivity index (χ0v) is 15.1. The third-order valence-corrected chi connectivity index (χ3v) is 5.16. The second kappa shape index (κ2) is 6.93. The molecule has 0 bridgehead atoms. The van der Waals surface area contributed by atoms with Gasteiger partial charge in [0, 0.05) is 23.3 Å². The molecular weight excluding hydrogens is 395 g/mol. The minimum atomic E-state index is -4.37. The van der Waals surface area contributed by atoms with Crippen molar-refractivity contribution in [1.82, 2.24) is 14.8 Å². The first-order valence-electron chi connectivity index (χ1n) is 8.43. The van der Waals surface area contributed by atoms with E-state index >= 15 is 0 Å². The van der Waals surface area contributed by atoms with Crippen LogP contribution in [-0.2, 0) is 6.54 Å². The first-order chi connectivity index (χ1) is 13.3. The number of Topliss-reactive ketones (excluding diaryl/α,β-unsaturated/α-hetero) is 1. The van der Waals surface area contributed by atoms with Crippen molar-refractivity contribution < 1.29 is 22.4 Å². The summed E-state index contributed by atoms with van der Waals surface area (Å²) in [6, 6.07) is 3.09. The molecule has 0 amide bonds. The quantitative estimate of drug-likeness (QED) is 0.655.